The summed E-state index contributed by atoms with van der Waals surface area (Å²) in [6.45, 7) is 5.06. The van der Waals surface area contributed by atoms with Crippen molar-refractivity contribution in [2.24, 2.45) is 11.7 Å². The van der Waals surface area contributed by atoms with Crippen molar-refractivity contribution >= 4 is 47.3 Å². The van der Waals surface area contributed by atoms with E-state index in [9.17, 15) is 33.6 Å². The van der Waals surface area contributed by atoms with Crippen molar-refractivity contribution in [3.63, 3.8) is 0 Å². The highest BCUT2D eigenvalue weighted by Crippen LogP contribution is 2.13. The minimum absolute atomic E-state index is 0.0335. The molecule has 2 rings (SSSR count). The number of hydrogen-bond acceptors (Lipinski definition) is 9. The van der Waals surface area contributed by atoms with Crippen molar-refractivity contribution < 1.29 is 38.3 Å². The number of primary amides is 1. The summed E-state index contributed by atoms with van der Waals surface area (Å²) >= 11 is 0. The van der Waals surface area contributed by atoms with Gasteiger partial charge in [0.2, 0.25) is 17.7 Å². The molecular formula is C32H48N8O8. The van der Waals surface area contributed by atoms with Gasteiger partial charge in [0.1, 0.15) is 18.7 Å². The van der Waals surface area contributed by atoms with Crippen LogP contribution in [0.15, 0.2) is 36.4 Å². The van der Waals surface area contributed by atoms with Gasteiger partial charge in [-0.25, -0.2) is 9.59 Å². The molecule has 0 saturated heterocycles. The van der Waals surface area contributed by atoms with Gasteiger partial charge >= 0.3 is 12.1 Å². The Morgan fingerprint density at radius 2 is 1.52 bits per heavy atom. The van der Waals surface area contributed by atoms with Crippen molar-refractivity contribution in [1.82, 2.24) is 31.5 Å². The number of benzene rings is 1. The molecule has 0 fully saturated rings. The fourth-order valence-electron chi connectivity index (χ4n) is 4.62. The number of ether oxygens (including phenoxy) is 1. The average molecular weight is 673 g/mol. The third-order valence-corrected chi connectivity index (χ3v) is 7.29. The van der Waals surface area contributed by atoms with Gasteiger partial charge in [0.15, 0.2) is 0 Å². The van der Waals surface area contributed by atoms with Crippen molar-refractivity contribution in [3.05, 3.63) is 42.0 Å². The van der Waals surface area contributed by atoms with Crippen LogP contribution < -0.4 is 37.6 Å². The van der Waals surface area contributed by atoms with E-state index < -0.39 is 36.0 Å². The van der Waals surface area contributed by atoms with Gasteiger partial charge < -0.3 is 42.4 Å². The number of imide groups is 1. The van der Waals surface area contributed by atoms with Gasteiger partial charge in [0.25, 0.3) is 11.8 Å². The van der Waals surface area contributed by atoms with Gasteiger partial charge in [0, 0.05) is 50.4 Å². The first-order chi connectivity index (χ1) is 22.9. The minimum atomic E-state index is -1.000. The molecule has 0 aliphatic carbocycles. The second-order valence-electron chi connectivity index (χ2n) is 11.5. The molecule has 1 aliphatic rings. The summed E-state index contributed by atoms with van der Waals surface area (Å²) in [5, 5.41) is 16.2. The van der Waals surface area contributed by atoms with Crippen LogP contribution in [0.4, 0.5) is 15.3 Å². The first kappa shape index (κ1) is 39.2. The summed E-state index contributed by atoms with van der Waals surface area (Å²) in [5.41, 5.74) is 6.28. The van der Waals surface area contributed by atoms with Gasteiger partial charge in [-0.15, -0.1) is 0 Å². The van der Waals surface area contributed by atoms with Crippen molar-refractivity contribution in [1.29, 1.82) is 0 Å². The number of carbonyl (C=O) groups is 7. The van der Waals surface area contributed by atoms with Crippen LogP contribution in [0.2, 0.25) is 0 Å². The standard InChI is InChI=1S/C32H48N8O8/c1-21(2)28(39-25(41)9-5-4-6-19-40-26(42)14-15-27(40)43)30(45)38-24(8-7-16-35-31(33)46)29(44)37-23-12-10-22(11-13-23)20-48-32(47)36-18-17-34-3/h10-15,21,24,28,34H,4-9,16-20H2,1-3H3,(H,36,47)(H,37,44)(H,38,45)(H,39,41)(H3,33,35,46)/t24-,28?/m0/s1. The lowest BCUT2D eigenvalue weighted by Crippen LogP contribution is -2.54. The molecule has 1 aromatic rings. The number of nitrogens with two attached hydrogens (primary N) is 1. The van der Waals surface area contributed by atoms with Crippen LogP contribution in [0.3, 0.4) is 0 Å². The van der Waals surface area contributed by atoms with Crippen LogP contribution in [-0.4, -0.2) is 91.9 Å². The van der Waals surface area contributed by atoms with Gasteiger partial charge in [-0.2, -0.15) is 0 Å². The zero-order valence-corrected chi connectivity index (χ0v) is 27.8. The Balaban J connectivity index is 1.92. The quantitative estimate of drug-likeness (QED) is 0.0716. The predicted molar refractivity (Wildman–Crippen MR) is 177 cm³/mol. The van der Waals surface area contributed by atoms with Crippen molar-refractivity contribution in [3.8, 4) is 0 Å². The molecule has 16 heteroatoms. The summed E-state index contributed by atoms with van der Waals surface area (Å²) in [7, 11) is 1.77. The van der Waals surface area contributed by atoms with Gasteiger partial charge in [-0.3, -0.25) is 28.9 Å². The fraction of sp³-hybridized carbons (Fsp3) is 0.531. The van der Waals surface area contributed by atoms with Crippen LogP contribution in [0.5, 0.6) is 0 Å². The second kappa shape index (κ2) is 21.0. The van der Waals surface area contributed by atoms with Gasteiger partial charge in [-0.1, -0.05) is 32.4 Å². The molecular weight excluding hydrogens is 624 g/mol. The highest BCUT2D eigenvalue weighted by molar-refractivity contribution is 6.12. The van der Waals surface area contributed by atoms with Crippen LogP contribution in [0, 0.1) is 5.92 Å². The first-order valence-electron chi connectivity index (χ1n) is 16.0. The summed E-state index contributed by atoms with van der Waals surface area (Å²) < 4.78 is 5.17. The molecule has 2 atom stereocenters. The maximum Gasteiger partial charge on any atom is 0.407 e. The number of urea groups is 1. The third-order valence-electron chi connectivity index (χ3n) is 7.29. The summed E-state index contributed by atoms with van der Waals surface area (Å²) in [5.74, 6) is -2.38. The molecule has 1 aromatic carbocycles. The largest absolute Gasteiger partial charge is 0.445 e. The number of amides is 8. The van der Waals surface area contributed by atoms with Crippen LogP contribution >= 0.6 is 0 Å². The zero-order valence-electron chi connectivity index (χ0n) is 27.8. The Bertz CT molecular complexity index is 1280. The van der Waals surface area contributed by atoms with Gasteiger partial charge in [-0.05, 0) is 56.3 Å². The molecule has 16 nitrogen and oxygen atoms in total. The molecule has 0 radical (unpaired) electrons. The fourth-order valence-corrected chi connectivity index (χ4v) is 4.62. The average Bonchev–Trinajstić information content (AvgIpc) is 3.36. The zero-order chi connectivity index (χ0) is 35.5. The molecule has 1 heterocycles. The number of hydrogen-bond donors (Lipinski definition) is 7. The molecule has 0 bridgehead atoms. The molecule has 264 valence electrons. The maximum absolute atomic E-state index is 13.3. The van der Waals surface area contributed by atoms with Crippen LogP contribution in [-0.2, 0) is 35.3 Å². The minimum Gasteiger partial charge on any atom is -0.445 e. The lowest BCUT2D eigenvalue weighted by atomic mass is 10.0. The maximum atomic E-state index is 13.3. The van der Waals surface area contributed by atoms with E-state index in [-0.39, 0.29) is 56.2 Å². The number of carbonyl (C=O) groups excluding carboxylic acids is 7. The van der Waals surface area contributed by atoms with E-state index in [0.29, 0.717) is 50.0 Å². The number of nitrogens with zero attached hydrogens (tertiary/aromatic N) is 1. The highest BCUT2D eigenvalue weighted by Gasteiger charge is 2.29. The van der Waals surface area contributed by atoms with E-state index in [0.717, 1.165) is 4.90 Å². The summed E-state index contributed by atoms with van der Waals surface area (Å²) in [6, 6.07) is 4.02. The van der Waals surface area contributed by atoms with Crippen molar-refractivity contribution in [2.75, 3.05) is 38.5 Å². The third kappa shape index (κ3) is 14.6. The SMILES string of the molecule is CNCCNC(=O)OCc1ccc(NC(=O)[C@H](CCCNC(N)=O)NC(=O)C(NC(=O)CCCCCN2C(=O)C=CC2=O)C(C)C)cc1. The molecule has 1 aliphatic heterocycles. The summed E-state index contributed by atoms with van der Waals surface area (Å²) in [6.07, 6.45) is 4.19. The van der Waals surface area contributed by atoms with Crippen molar-refractivity contribution in [2.45, 2.75) is 71.1 Å². The normalized spacial score (nSPS) is 13.5. The predicted octanol–water partition coefficient (Wildman–Crippen LogP) is 0.630. The Morgan fingerprint density at radius 1 is 0.833 bits per heavy atom. The van der Waals surface area contributed by atoms with E-state index in [1.54, 1.807) is 45.2 Å². The van der Waals surface area contributed by atoms with Gasteiger partial charge in [0.05, 0.1) is 0 Å². The Hall–Kier alpha value is -4.99. The van der Waals surface area contributed by atoms with E-state index in [4.69, 9.17) is 10.5 Å². The van der Waals surface area contributed by atoms with Crippen LogP contribution in [0.25, 0.3) is 0 Å². The smallest absolute Gasteiger partial charge is 0.407 e. The topological polar surface area (TPSA) is 230 Å². The monoisotopic (exact) mass is 672 g/mol. The Labute approximate surface area is 280 Å². The number of likely N-dealkylation sites (N-methyl/N-ethyl adjacent to an activating group) is 1. The number of alkyl carbamates (subject to hydrolysis) is 1. The molecule has 1 unspecified atom stereocenters. The number of rotatable bonds is 21. The van der Waals surface area contributed by atoms with E-state index >= 15 is 0 Å². The lowest BCUT2D eigenvalue weighted by molar-refractivity contribution is -0.137. The van der Waals surface area contributed by atoms with E-state index in [2.05, 4.69) is 31.9 Å². The molecule has 0 spiro atoms. The van der Waals surface area contributed by atoms with E-state index in [1.807, 2.05) is 0 Å². The van der Waals surface area contributed by atoms with E-state index in [1.165, 1.54) is 12.2 Å². The molecule has 0 saturated carbocycles. The summed E-state index contributed by atoms with van der Waals surface area (Å²) in [4.78, 5) is 86.7. The molecule has 8 amide bonds. The molecule has 0 aromatic heterocycles. The number of unbranched alkanes of at least 4 members (excludes halogenated alkanes) is 2. The number of nitrogens with one attached hydrogen (secondary N) is 6. The Morgan fingerprint density at radius 3 is 2.15 bits per heavy atom. The molecule has 48 heavy (non-hydrogen) atoms. The van der Waals surface area contributed by atoms with Crippen LogP contribution in [0.1, 0.15) is 57.9 Å². The highest BCUT2D eigenvalue weighted by atomic mass is 16.5. The second-order valence-corrected chi connectivity index (χ2v) is 11.5. The number of anilines is 1. The lowest BCUT2D eigenvalue weighted by Gasteiger charge is -2.25. The molecule has 8 N–H and O–H groups in total. The first-order valence-corrected chi connectivity index (χ1v) is 16.0. The Kier molecular flexibility index (Phi) is 17.1.